The summed E-state index contributed by atoms with van der Waals surface area (Å²) in [7, 11) is 0. The molecule has 1 amide bonds. The van der Waals surface area contributed by atoms with E-state index in [1.54, 1.807) is 42.0 Å². The predicted molar refractivity (Wildman–Crippen MR) is 102 cm³/mol. The van der Waals surface area contributed by atoms with Crippen LogP contribution >= 0.6 is 0 Å². The molecule has 7 heteroatoms. The number of imidazole rings is 1. The summed E-state index contributed by atoms with van der Waals surface area (Å²) in [4.78, 5) is 42.0. The fraction of sp³-hybridized carbons (Fsp3) is 0.316. The fourth-order valence-electron chi connectivity index (χ4n) is 2.82. The zero-order valence-electron chi connectivity index (χ0n) is 15.1. The Morgan fingerprint density at radius 1 is 1.15 bits per heavy atom. The summed E-state index contributed by atoms with van der Waals surface area (Å²) in [6.07, 6.45) is 2.59. The molecule has 0 saturated heterocycles. The van der Waals surface area contributed by atoms with Crippen molar-refractivity contribution in [3.05, 3.63) is 62.4 Å². The number of H-pyrrole nitrogens is 2. The van der Waals surface area contributed by atoms with Gasteiger partial charge < -0.3 is 19.9 Å². The number of hydrogen-bond acceptors (Lipinski definition) is 3. The van der Waals surface area contributed by atoms with Crippen LogP contribution in [0.3, 0.4) is 0 Å². The molecular weight excluding hydrogens is 332 g/mol. The van der Waals surface area contributed by atoms with Crippen molar-refractivity contribution in [3.8, 4) is 0 Å². The quantitative estimate of drug-likeness (QED) is 0.656. The van der Waals surface area contributed by atoms with Crippen LogP contribution in [-0.4, -0.2) is 20.4 Å². The van der Waals surface area contributed by atoms with Crippen molar-refractivity contribution in [1.29, 1.82) is 0 Å². The molecule has 0 unspecified atom stereocenters. The maximum atomic E-state index is 12.7. The number of nitrogens with one attached hydrogen (secondary N) is 3. The highest BCUT2D eigenvalue weighted by Gasteiger charge is 2.16. The highest BCUT2D eigenvalue weighted by Crippen LogP contribution is 2.16. The van der Waals surface area contributed by atoms with E-state index in [0.29, 0.717) is 34.7 Å². The highest BCUT2D eigenvalue weighted by molar-refractivity contribution is 6.05. The SMILES string of the molecule is Cc1ccn(CCC(C)C)c(=O)c1C(=O)Nc1ccc2[nH]c(=O)[nH]c2c1. The Labute approximate surface area is 150 Å². The normalized spacial score (nSPS) is 11.2. The molecule has 0 aliphatic carbocycles. The topological polar surface area (TPSA) is 99.8 Å². The van der Waals surface area contributed by atoms with E-state index >= 15 is 0 Å². The number of aromatic amines is 2. The Balaban J connectivity index is 1.89. The number of aromatic nitrogens is 3. The first kappa shape index (κ1) is 17.7. The van der Waals surface area contributed by atoms with Crippen LogP contribution in [0.5, 0.6) is 0 Å². The van der Waals surface area contributed by atoms with Crippen molar-refractivity contribution in [2.75, 3.05) is 5.32 Å². The second kappa shape index (κ2) is 7.03. The van der Waals surface area contributed by atoms with Gasteiger partial charge in [0, 0.05) is 18.4 Å². The summed E-state index contributed by atoms with van der Waals surface area (Å²) in [6.45, 7) is 6.51. The largest absolute Gasteiger partial charge is 0.323 e. The Kier molecular flexibility index (Phi) is 4.79. The van der Waals surface area contributed by atoms with Gasteiger partial charge in [-0.05, 0) is 49.1 Å². The number of fused-ring (bicyclic) bond motifs is 1. The second-order valence-corrected chi connectivity index (χ2v) is 6.85. The summed E-state index contributed by atoms with van der Waals surface area (Å²) in [5.74, 6) is 0.0133. The highest BCUT2D eigenvalue weighted by atomic mass is 16.2. The number of carbonyl (C=O) groups is 1. The van der Waals surface area contributed by atoms with Crippen molar-refractivity contribution in [2.45, 2.75) is 33.7 Å². The van der Waals surface area contributed by atoms with E-state index in [0.717, 1.165) is 6.42 Å². The van der Waals surface area contributed by atoms with Crippen molar-refractivity contribution in [1.82, 2.24) is 14.5 Å². The lowest BCUT2D eigenvalue weighted by atomic mass is 10.1. The Bertz CT molecular complexity index is 1070. The molecular formula is C19H22N4O3. The van der Waals surface area contributed by atoms with Crippen molar-refractivity contribution in [3.63, 3.8) is 0 Å². The minimum atomic E-state index is -0.455. The van der Waals surface area contributed by atoms with Crippen LogP contribution in [-0.2, 0) is 6.54 Å². The Hall–Kier alpha value is -3.09. The van der Waals surface area contributed by atoms with Crippen LogP contribution < -0.4 is 16.6 Å². The van der Waals surface area contributed by atoms with Crippen LogP contribution in [0.15, 0.2) is 40.1 Å². The zero-order chi connectivity index (χ0) is 18.8. The minimum Gasteiger partial charge on any atom is -0.322 e. The molecule has 0 spiro atoms. The molecule has 0 fully saturated rings. The summed E-state index contributed by atoms with van der Waals surface area (Å²) in [6, 6.07) is 6.81. The summed E-state index contributed by atoms with van der Waals surface area (Å²) < 4.78 is 1.58. The van der Waals surface area contributed by atoms with E-state index in [-0.39, 0.29) is 16.8 Å². The number of carbonyl (C=O) groups excluding carboxylic acids is 1. The van der Waals surface area contributed by atoms with E-state index in [4.69, 9.17) is 0 Å². The Morgan fingerprint density at radius 3 is 2.62 bits per heavy atom. The summed E-state index contributed by atoms with van der Waals surface area (Å²) in [5, 5.41) is 2.75. The van der Waals surface area contributed by atoms with Gasteiger partial charge in [-0.1, -0.05) is 13.8 Å². The number of hydrogen-bond donors (Lipinski definition) is 3. The van der Waals surface area contributed by atoms with Crippen LogP contribution in [0.4, 0.5) is 5.69 Å². The predicted octanol–water partition coefficient (Wildman–Crippen LogP) is 2.62. The Morgan fingerprint density at radius 2 is 1.88 bits per heavy atom. The maximum absolute atomic E-state index is 12.7. The number of benzene rings is 1. The lowest BCUT2D eigenvalue weighted by molar-refractivity contribution is 0.102. The molecule has 3 N–H and O–H groups in total. The van der Waals surface area contributed by atoms with Crippen molar-refractivity contribution < 1.29 is 4.79 Å². The van der Waals surface area contributed by atoms with Gasteiger partial charge in [0.1, 0.15) is 5.56 Å². The van der Waals surface area contributed by atoms with Gasteiger partial charge in [0.05, 0.1) is 11.0 Å². The van der Waals surface area contributed by atoms with E-state index < -0.39 is 5.91 Å². The minimum absolute atomic E-state index is 0.138. The molecule has 7 nitrogen and oxygen atoms in total. The standard InChI is InChI=1S/C19H22N4O3/c1-11(2)6-8-23-9-7-12(3)16(18(23)25)17(24)20-13-4-5-14-15(10-13)22-19(26)21-14/h4-5,7,9-11H,6,8H2,1-3H3,(H,20,24)(H2,21,22,26). The third-order valence-electron chi connectivity index (χ3n) is 4.32. The lowest BCUT2D eigenvalue weighted by Crippen LogP contribution is -2.30. The van der Waals surface area contributed by atoms with Crippen LogP contribution in [0.25, 0.3) is 11.0 Å². The third kappa shape index (κ3) is 3.61. The van der Waals surface area contributed by atoms with E-state index in [1.165, 1.54) is 0 Å². The first-order valence-corrected chi connectivity index (χ1v) is 8.58. The summed E-state index contributed by atoms with van der Waals surface area (Å²) in [5.41, 5.74) is 1.92. The molecule has 2 aromatic heterocycles. The van der Waals surface area contributed by atoms with E-state index in [1.807, 2.05) is 0 Å². The molecule has 3 aromatic rings. The number of amides is 1. The van der Waals surface area contributed by atoms with Gasteiger partial charge in [-0.3, -0.25) is 9.59 Å². The zero-order valence-corrected chi connectivity index (χ0v) is 15.1. The van der Waals surface area contributed by atoms with Gasteiger partial charge >= 0.3 is 5.69 Å². The van der Waals surface area contributed by atoms with Gasteiger partial charge in [0.2, 0.25) is 0 Å². The van der Waals surface area contributed by atoms with Gasteiger partial charge in [-0.25, -0.2) is 4.79 Å². The van der Waals surface area contributed by atoms with Gasteiger partial charge in [0.25, 0.3) is 11.5 Å². The molecule has 0 bridgehead atoms. The monoisotopic (exact) mass is 354 g/mol. The first-order chi connectivity index (χ1) is 12.3. The molecule has 3 rings (SSSR count). The molecule has 0 radical (unpaired) electrons. The number of aryl methyl sites for hydroxylation is 2. The maximum Gasteiger partial charge on any atom is 0.323 e. The summed E-state index contributed by atoms with van der Waals surface area (Å²) >= 11 is 0. The average Bonchev–Trinajstić information content (AvgIpc) is 2.93. The number of rotatable bonds is 5. The molecule has 0 saturated carbocycles. The van der Waals surface area contributed by atoms with Gasteiger partial charge in [0.15, 0.2) is 0 Å². The molecule has 0 aliphatic rings. The molecule has 136 valence electrons. The number of pyridine rings is 1. The van der Waals surface area contributed by atoms with Crippen LogP contribution in [0.1, 0.15) is 36.2 Å². The molecule has 1 aromatic carbocycles. The molecule has 0 atom stereocenters. The van der Waals surface area contributed by atoms with Gasteiger partial charge in [-0.2, -0.15) is 0 Å². The lowest BCUT2D eigenvalue weighted by Gasteiger charge is -2.12. The molecule has 0 aliphatic heterocycles. The van der Waals surface area contributed by atoms with Crippen LogP contribution in [0.2, 0.25) is 0 Å². The van der Waals surface area contributed by atoms with Crippen LogP contribution in [0, 0.1) is 12.8 Å². The smallest absolute Gasteiger partial charge is 0.322 e. The molecule has 2 heterocycles. The fourth-order valence-corrected chi connectivity index (χ4v) is 2.82. The van der Waals surface area contributed by atoms with E-state index in [9.17, 15) is 14.4 Å². The average molecular weight is 354 g/mol. The first-order valence-electron chi connectivity index (χ1n) is 8.58. The third-order valence-corrected chi connectivity index (χ3v) is 4.32. The second-order valence-electron chi connectivity index (χ2n) is 6.85. The van der Waals surface area contributed by atoms with Gasteiger partial charge in [-0.15, -0.1) is 0 Å². The molecule has 26 heavy (non-hydrogen) atoms. The van der Waals surface area contributed by atoms with Crippen molar-refractivity contribution in [2.24, 2.45) is 5.92 Å². The van der Waals surface area contributed by atoms with E-state index in [2.05, 4.69) is 29.1 Å². The van der Waals surface area contributed by atoms with Crippen molar-refractivity contribution >= 4 is 22.6 Å². The number of anilines is 1. The number of nitrogens with zero attached hydrogens (tertiary/aromatic N) is 1.